The van der Waals surface area contributed by atoms with Crippen molar-refractivity contribution in [3.8, 4) is 11.5 Å². The van der Waals surface area contributed by atoms with Gasteiger partial charge in [-0.1, -0.05) is 48.5 Å². The van der Waals surface area contributed by atoms with E-state index in [-0.39, 0.29) is 5.91 Å². The number of ether oxygens (including phenoxy) is 1. The van der Waals surface area contributed by atoms with E-state index in [2.05, 4.69) is 29.3 Å². The third kappa shape index (κ3) is 5.35. The second-order valence-corrected chi connectivity index (χ2v) is 6.12. The lowest BCUT2D eigenvalue weighted by molar-refractivity contribution is -0.116. The molecule has 138 valence electrons. The van der Waals surface area contributed by atoms with Crippen LogP contribution in [0.4, 0.5) is 11.4 Å². The Morgan fingerprint density at radius 2 is 1.52 bits per heavy atom. The molecule has 3 aromatic carbocycles. The number of benzene rings is 3. The molecule has 4 heteroatoms. The maximum Gasteiger partial charge on any atom is 0.226 e. The van der Waals surface area contributed by atoms with Crippen LogP contribution in [0.25, 0.3) is 0 Å². The molecule has 0 radical (unpaired) electrons. The lowest BCUT2D eigenvalue weighted by Crippen LogP contribution is -2.27. The molecule has 0 aromatic heterocycles. The van der Waals surface area contributed by atoms with Crippen LogP contribution in [0.15, 0.2) is 84.9 Å². The van der Waals surface area contributed by atoms with Gasteiger partial charge in [-0.3, -0.25) is 4.79 Å². The van der Waals surface area contributed by atoms with E-state index < -0.39 is 0 Å². The quantitative estimate of drug-likeness (QED) is 0.590. The predicted octanol–water partition coefficient (Wildman–Crippen LogP) is 5.33. The van der Waals surface area contributed by atoms with Gasteiger partial charge in [0.05, 0.1) is 5.69 Å². The van der Waals surface area contributed by atoms with E-state index in [0.29, 0.717) is 24.4 Å². The maximum atomic E-state index is 12.5. The van der Waals surface area contributed by atoms with Gasteiger partial charge in [-0.2, -0.15) is 0 Å². The van der Waals surface area contributed by atoms with E-state index in [1.54, 1.807) is 0 Å². The lowest BCUT2D eigenvalue weighted by atomic mass is 10.2. The van der Waals surface area contributed by atoms with E-state index >= 15 is 0 Å². The number of nitrogens with zero attached hydrogens (tertiary/aromatic N) is 1. The van der Waals surface area contributed by atoms with E-state index in [0.717, 1.165) is 18.0 Å². The number of carbonyl (C=O) groups is 1. The van der Waals surface area contributed by atoms with Crippen molar-refractivity contribution in [1.29, 1.82) is 0 Å². The minimum absolute atomic E-state index is 0.0338. The minimum atomic E-state index is -0.0338. The molecule has 3 rings (SSSR count). The number of carbonyl (C=O) groups excluding carboxylic acids is 1. The van der Waals surface area contributed by atoms with Gasteiger partial charge in [0.2, 0.25) is 5.91 Å². The number of anilines is 2. The minimum Gasteiger partial charge on any atom is -0.455 e. The molecule has 0 fully saturated rings. The summed E-state index contributed by atoms with van der Waals surface area (Å²) in [6.07, 6.45) is 0.405. The highest BCUT2D eigenvalue weighted by molar-refractivity contribution is 5.92. The van der Waals surface area contributed by atoms with Gasteiger partial charge in [-0.05, 0) is 43.3 Å². The number of hydrogen-bond acceptors (Lipinski definition) is 3. The number of hydrogen-bond donors (Lipinski definition) is 1. The van der Waals surface area contributed by atoms with Crippen LogP contribution in [0.5, 0.6) is 11.5 Å². The van der Waals surface area contributed by atoms with Gasteiger partial charge in [0.25, 0.3) is 0 Å². The molecule has 0 bridgehead atoms. The summed E-state index contributed by atoms with van der Waals surface area (Å²) in [5.41, 5.74) is 1.80. The Morgan fingerprint density at radius 3 is 2.22 bits per heavy atom. The van der Waals surface area contributed by atoms with Gasteiger partial charge in [0.15, 0.2) is 5.75 Å². The molecule has 0 atom stereocenters. The van der Waals surface area contributed by atoms with Gasteiger partial charge < -0.3 is 15.0 Å². The van der Waals surface area contributed by atoms with Crippen LogP contribution in [0.1, 0.15) is 13.3 Å². The molecule has 1 amide bonds. The molecule has 0 saturated carbocycles. The molecule has 0 aliphatic heterocycles. The molecular formula is C23H24N2O2. The van der Waals surface area contributed by atoms with Gasteiger partial charge >= 0.3 is 0 Å². The number of nitrogens with one attached hydrogen (secondary N) is 1. The highest BCUT2D eigenvalue weighted by Crippen LogP contribution is 2.29. The maximum absolute atomic E-state index is 12.5. The summed E-state index contributed by atoms with van der Waals surface area (Å²) >= 11 is 0. The lowest BCUT2D eigenvalue weighted by Gasteiger charge is -2.22. The molecule has 0 saturated heterocycles. The van der Waals surface area contributed by atoms with Crippen molar-refractivity contribution < 1.29 is 9.53 Å². The monoisotopic (exact) mass is 360 g/mol. The van der Waals surface area contributed by atoms with E-state index in [1.807, 2.05) is 72.8 Å². The Bertz CT molecular complexity index is 851. The van der Waals surface area contributed by atoms with Crippen molar-refractivity contribution in [2.24, 2.45) is 0 Å². The van der Waals surface area contributed by atoms with Crippen LogP contribution >= 0.6 is 0 Å². The molecule has 0 aliphatic rings. The third-order valence-corrected chi connectivity index (χ3v) is 4.24. The number of amides is 1. The van der Waals surface area contributed by atoms with Crippen molar-refractivity contribution in [3.63, 3.8) is 0 Å². The first kappa shape index (κ1) is 18.5. The zero-order valence-corrected chi connectivity index (χ0v) is 15.5. The molecule has 3 aromatic rings. The fourth-order valence-corrected chi connectivity index (χ4v) is 2.83. The molecule has 0 spiro atoms. The van der Waals surface area contributed by atoms with Crippen LogP contribution < -0.4 is 15.0 Å². The van der Waals surface area contributed by atoms with Crippen molar-refractivity contribution in [3.05, 3.63) is 84.9 Å². The van der Waals surface area contributed by atoms with Gasteiger partial charge in [-0.15, -0.1) is 0 Å². The van der Waals surface area contributed by atoms with Crippen molar-refractivity contribution >= 4 is 17.3 Å². The normalized spacial score (nSPS) is 10.3. The Morgan fingerprint density at radius 1 is 0.889 bits per heavy atom. The van der Waals surface area contributed by atoms with Crippen LogP contribution in [0, 0.1) is 0 Å². The molecule has 0 unspecified atom stereocenters. The largest absolute Gasteiger partial charge is 0.455 e. The molecule has 0 heterocycles. The Labute approximate surface area is 160 Å². The number of para-hydroxylation sites is 4. The second-order valence-electron chi connectivity index (χ2n) is 6.12. The molecule has 0 aliphatic carbocycles. The smallest absolute Gasteiger partial charge is 0.226 e. The highest BCUT2D eigenvalue weighted by Gasteiger charge is 2.11. The summed E-state index contributed by atoms with van der Waals surface area (Å²) in [6.45, 7) is 3.60. The Kier molecular flexibility index (Phi) is 6.47. The van der Waals surface area contributed by atoms with E-state index in [4.69, 9.17) is 4.74 Å². The average molecular weight is 360 g/mol. The van der Waals surface area contributed by atoms with Crippen LogP contribution in [0.2, 0.25) is 0 Å². The summed E-state index contributed by atoms with van der Waals surface area (Å²) in [5, 5.41) is 2.97. The summed E-state index contributed by atoms with van der Waals surface area (Å²) in [4.78, 5) is 14.7. The molecule has 1 N–H and O–H groups in total. The molecule has 4 nitrogen and oxygen atoms in total. The first-order valence-corrected chi connectivity index (χ1v) is 9.18. The summed E-state index contributed by atoms with van der Waals surface area (Å²) in [5.74, 6) is 1.33. The van der Waals surface area contributed by atoms with E-state index in [9.17, 15) is 4.79 Å². The van der Waals surface area contributed by atoms with Crippen LogP contribution in [0.3, 0.4) is 0 Å². The average Bonchev–Trinajstić information content (AvgIpc) is 2.71. The first-order chi connectivity index (χ1) is 13.3. The second kappa shape index (κ2) is 9.43. The van der Waals surface area contributed by atoms with Crippen molar-refractivity contribution in [1.82, 2.24) is 0 Å². The summed E-state index contributed by atoms with van der Waals surface area (Å²) in [6, 6.07) is 27.2. The SMILES string of the molecule is CCN(CCC(=O)Nc1ccccc1Oc1ccccc1)c1ccccc1. The first-order valence-electron chi connectivity index (χ1n) is 9.18. The Balaban J connectivity index is 1.61. The highest BCUT2D eigenvalue weighted by atomic mass is 16.5. The van der Waals surface area contributed by atoms with Gasteiger partial charge in [0, 0.05) is 25.2 Å². The zero-order chi connectivity index (χ0) is 18.9. The van der Waals surface area contributed by atoms with Gasteiger partial charge in [0.1, 0.15) is 5.75 Å². The fourth-order valence-electron chi connectivity index (χ4n) is 2.83. The van der Waals surface area contributed by atoms with Crippen molar-refractivity contribution in [2.45, 2.75) is 13.3 Å². The molecular weight excluding hydrogens is 336 g/mol. The van der Waals surface area contributed by atoms with Crippen LogP contribution in [-0.2, 0) is 4.79 Å². The number of rotatable bonds is 8. The van der Waals surface area contributed by atoms with Crippen LogP contribution in [-0.4, -0.2) is 19.0 Å². The summed E-state index contributed by atoms with van der Waals surface area (Å²) < 4.78 is 5.90. The van der Waals surface area contributed by atoms with E-state index in [1.165, 1.54) is 0 Å². The predicted molar refractivity (Wildman–Crippen MR) is 111 cm³/mol. The van der Waals surface area contributed by atoms with Gasteiger partial charge in [-0.25, -0.2) is 0 Å². The summed E-state index contributed by atoms with van der Waals surface area (Å²) in [7, 11) is 0. The topological polar surface area (TPSA) is 41.6 Å². The zero-order valence-electron chi connectivity index (χ0n) is 15.5. The third-order valence-electron chi connectivity index (χ3n) is 4.24. The fraction of sp³-hybridized carbons (Fsp3) is 0.174. The molecule has 27 heavy (non-hydrogen) atoms. The van der Waals surface area contributed by atoms with Crippen molar-refractivity contribution in [2.75, 3.05) is 23.3 Å². The standard InChI is InChI=1S/C23H24N2O2/c1-2-25(19-11-5-3-6-12-19)18-17-23(26)24-21-15-9-10-16-22(21)27-20-13-7-4-8-14-20/h3-16H,2,17-18H2,1H3,(H,24,26). The Hall–Kier alpha value is -3.27.